The lowest BCUT2D eigenvalue weighted by Crippen LogP contribution is -2.41. The molecule has 0 aromatic rings. The van der Waals surface area contributed by atoms with Gasteiger partial charge < -0.3 is 25.8 Å². The van der Waals surface area contributed by atoms with Crippen LogP contribution in [-0.4, -0.2) is 50.5 Å². The first-order chi connectivity index (χ1) is 11.5. The zero-order valence-corrected chi connectivity index (χ0v) is 15.6. The van der Waals surface area contributed by atoms with Crippen LogP contribution in [0.15, 0.2) is 23.2 Å². The lowest BCUT2D eigenvalue weighted by molar-refractivity contribution is 0.0177. The number of hydrogen-bond donors (Lipinski definition) is 3. The summed E-state index contributed by atoms with van der Waals surface area (Å²) in [4.78, 5) is 2.19. The summed E-state index contributed by atoms with van der Waals surface area (Å²) >= 11 is 0. The van der Waals surface area contributed by atoms with E-state index in [1.807, 2.05) is 13.0 Å². The molecule has 0 bridgehead atoms. The highest BCUT2D eigenvalue weighted by Crippen LogP contribution is 2.18. The van der Waals surface area contributed by atoms with Crippen molar-refractivity contribution in [2.24, 2.45) is 5.73 Å². The zero-order valence-electron chi connectivity index (χ0n) is 15.6. The van der Waals surface area contributed by atoms with E-state index in [9.17, 15) is 0 Å². The van der Waals surface area contributed by atoms with Crippen molar-refractivity contribution in [3.8, 4) is 12.0 Å². The second kappa shape index (κ2) is 10.8. The molecule has 2 unspecified atom stereocenters. The summed E-state index contributed by atoms with van der Waals surface area (Å²) in [5.74, 6) is 3.56. The fourth-order valence-electron chi connectivity index (χ4n) is 2.14. The Bertz CT molecular complexity index is 505. The highest BCUT2D eigenvalue weighted by atomic mass is 16.5. The Balaban J connectivity index is 2.79. The van der Waals surface area contributed by atoms with Gasteiger partial charge in [-0.15, -0.1) is 0 Å². The Morgan fingerprint density at radius 3 is 2.83 bits per heavy atom. The van der Waals surface area contributed by atoms with Gasteiger partial charge >= 0.3 is 0 Å². The molecule has 6 heteroatoms. The molecule has 0 aromatic heterocycles. The van der Waals surface area contributed by atoms with Crippen molar-refractivity contribution >= 4 is 0 Å². The van der Waals surface area contributed by atoms with Crippen LogP contribution >= 0.6 is 0 Å². The maximum Gasteiger partial charge on any atom is 0.203 e. The molecule has 0 fully saturated rings. The number of ether oxygens (including phenoxy) is 2. The van der Waals surface area contributed by atoms with Gasteiger partial charge in [-0.3, -0.25) is 4.90 Å². The Morgan fingerprint density at radius 1 is 1.46 bits per heavy atom. The summed E-state index contributed by atoms with van der Waals surface area (Å²) in [6.07, 6.45) is 2.94. The van der Waals surface area contributed by atoms with E-state index in [0.717, 1.165) is 37.5 Å². The summed E-state index contributed by atoms with van der Waals surface area (Å²) in [6, 6.07) is 2.57. The molecule has 136 valence electrons. The SMILES string of the molecule is CCCOCC(C)OC1=C(C#CN)C=C(NCN(C)CC)C(C)N1. The minimum atomic E-state index is -0.0602. The van der Waals surface area contributed by atoms with Crippen LogP contribution < -0.4 is 16.4 Å². The van der Waals surface area contributed by atoms with Crippen molar-refractivity contribution in [3.63, 3.8) is 0 Å². The molecule has 1 heterocycles. The number of nitrogens with one attached hydrogen (secondary N) is 2. The van der Waals surface area contributed by atoms with Crippen LogP contribution in [0, 0.1) is 12.0 Å². The standard InChI is InChI=1S/C18H32N4O2/c1-6-10-23-12-14(3)24-18-16(8-9-19)11-17(15(4)21-18)20-13-22(5)7-2/h11,14-15,20-21H,6-7,10,12-13,19H2,1-5H3. The maximum atomic E-state index is 5.97. The highest BCUT2D eigenvalue weighted by Gasteiger charge is 2.21. The molecule has 0 spiro atoms. The third kappa shape index (κ3) is 6.73. The van der Waals surface area contributed by atoms with Crippen molar-refractivity contribution in [1.82, 2.24) is 15.5 Å². The van der Waals surface area contributed by atoms with Gasteiger partial charge in [-0.2, -0.15) is 0 Å². The van der Waals surface area contributed by atoms with Crippen molar-refractivity contribution in [3.05, 3.63) is 23.2 Å². The third-order valence-electron chi connectivity index (χ3n) is 3.68. The fraction of sp³-hybridized carbons (Fsp3) is 0.667. The molecule has 1 aliphatic heterocycles. The van der Waals surface area contributed by atoms with Gasteiger partial charge in [-0.25, -0.2) is 0 Å². The van der Waals surface area contributed by atoms with E-state index in [4.69, 9.17) is 15.2 Å². The van der Waals surface area contributed by atoms with Gasteiger partial charge in [0.05, 0.1) is 24.9 Å². The number of rotatable bonds is 10. The van der Waals surface area contributed by atoms with Crippen LogP contribution in [0.25, 0.3) is 0 Å². The first-order valence-electron chi connectivity index (χ1n) is 8.62. The summed E-state index contributed by atoms with van der Waals surface area (Å²) < 4.78 is 11.5. The molecule has 6 nitrogen and oxygen atoms in total. The highest BCUT2D eigenvalue weighted by molar-refractivity contribution is 5.45. The molecule has 4 N–H and O–H groups in total. The van der Waals surface area contributed by atoms with E-state index in [1.165, 1.54) is 0 Å². The number of hydrogen-bond acceptors (Lipinski definition) is 6. The normalized spacial score (nSPS) is 18.4. The van der Waals surface area contributed by atoms with E-state index >= 15 is 0 Å². The third-order valence-corrected chi connectivity index (χ3v) is 3.68. The molecule has 2 atom stereocenters. The van der Waals surface area contributed by atoms with Gasteiger partial charge in [0.15, 0.2) is 0 Å². The number of nitrogens with zero attached hydrogens (tertiary/aromatic N) is 1. The monoisotopic (exact) mass is 336 g/mol. The Hall–Kier alpha value is -1.84. The van der Waals surface area contributed by atoms with Crippen LogP contribution in [0.2, 0.25) is 0 Å². The Morgan fingerprint density at radius 2 is 2.21 bits per heavy atom. The maximum absolute atomic E-state index is 5.97. The summed E-state index contributed by atoms with van der Waals surface area (Å²) in [5.41, 5.74) is 7.23. The Kier molecular flexibility index (Phi) is 9.13. The van der Waals surface area contributed by atoms with Gasteiger partial charge in [-0.05, 0) is 45.9 Å². The molecular weight excluding hydrogens is 304 g/mol. The number of allylic oxidation sites excluding steroid dienone is 2. The van der Waals surface area contributed by atoms with E-state index in [2.05, 4.69) is 55.3 Å². The van der Waals surface area contributed by atoms with Gasteiger partial charge in [0, 0.05) is 18.3 Å². The molecule has 1 rings (SSSR count). The van der Waals surface area contributed by atoms with E-state index < -0.39 is 0 Å². The molecule has 0 aliphatic carbocycles. The van der Waals surface area contributed by atoms with Crippen molar-refractivity contribution < 1.29 is 9.47 Å². The fourth-order valence-corrected chi connectivity index (χ4v) is 2.14. The molecule has 1 aliphatic rings. The molecule has 24 heavy (non-hydrogen) atoms. The first-order valence-corrected chi connectivity index (χ1v) is 8.62. The smallest absolute Gasteiger partial charge is 0.203 e. The van der Waals surface area contributed by atoms with Gasteiger partial charge in [0.25, 0.3) is 0 Å². The molecule has 0 amide bonds. The van der Waals surface area contributed by atoms with E-state index in [0.29, 0.717) is 12.5 Å². The van der Waals surface area contributed by atoms with Crippen molar-refractivity contribution in [1.29, 1.82) is 0 Å². The topological polar surface area (TPSA) is 71.8 Å². The van der Waals surface area contributed by atoms with Crippen LogP contribution in [0.3, 0.4) is 0 Å². The lowest BCUT2D eigenvalue weighted by atomic mass is 10.1. The quantitative estimate of drug-likeness (QED) is 0.242. The second-order valence-electron chi connectivity index (χ2n) is 5.99. The van der Waals surface area contributed by atoms with Crippen LogP contribution in [0.1, 0.15) is 34.1 Å². The van der Waals surface area contributed by atoms with E-state index in [1.54, 1.807) is 0 Å². The predicted octanol–water partition coefficient (Wildman–Crippen LogP) is 1.32. The molecular formula is C18H32N4O2. The average molecular weight is 336 g/mol. The van der Waals surface area contributed by atoms with Gasteiger partial charge in [0.2, 0.25) is 5.88 Å². The van der Waals surface area contributed by atoms with Gasteiger partial charge in [0.1, 0.15) is 6.10 Å². The van der Waals surface area contributed by atoms with Crippen LogP contribution in [-0.2, 0) is 9.47 Å². The van der Waals surface area contributed by atoms with Crippen molar-refractivity contribution in [2.75, 3.05) is 33.5 Å². The minimum Gasteiger partial charge on any atom is -0.473 e. The second-order valence-corrected chi connectivity index (χ2v) is 5.99. The summed E-state index contributed by atoms with van der Waals surface area (Å²) in [7, 11) is 2.07. The van der Waals surface area contributed by atoms with Crippen LogP contribution in [0.4, 0.5) is 0 Å². The average Bonchev–Trinajstić information content (AvgIpc) is 2.56. The number of nitrogens with two attached hydrogens (primary N) is 1. The summed E-state index contributed by atoms with van der Waals surface area (Å²) in [6.45, 7) is 11.3. The first kappa shape index (κ1) is 20.2. The molecule has 0 saturated carbocycles. The van der Waals surface area contributed by atoms with Crippen molar-refractivity contribution in [2.45, 2.75) is 46.3 Å². The van der Waals surface area contributed by atoms with Gasteiger partial charge in [-0.1, -0.05) is 13.8 Å². The molecule has 0 saturated heterocycles. The molecule has 0 radical (unpaired) electrons. The lowest BCUT2D eigenvalue weighted by Gasteiger charge is -2.29. The largest absolute Gasteiger partial charge is 0.473 e. The minimum absolute atomic E-state index is 0.0602. The van der Waals surface area contributed by atoms with E-state index in [-0.39, 0.29) is 12.1 Å². The number of dihydropyridines is 1. The predicted molar refractivity (Wildman–Crippen MR) is 97.6 cm³/mol. The zero-order chi connectivity index (χ0) is 17.9. The van der Waals surface area contributed by atoms with Crippen LogP contribution in [0.5, 0.6) is 0 Å². The summed E-state index contributed by atoms with van der Waals surface area (Å²) in [5, 5.41) is 6.79. The molecule has 0 aromatic carbocycles. The Labute approximate surface area is 146 Å².